The zero-order chi connectivity index (χ0) is 27.6. The molecule has 2 fully saturated rings. The Morgan fingerprint density at radius 3 is 2.62 bits per heavy atom. The number of nitrogens with zero attached hydrogens (tertiary/aromatic N) is 5. The van der Waals surface area contributed by atoms with Crippen LogP contribution >= 0.6 is 11.6 Å². The van der Waals surface area contributed by atoms with Gasteiger partial charge in [0.25, 0.3) is 0 Å². The van der Waals surface area contributed by atoms with E-state index in [9.17, 15) is 9.59 Å². The minimum Gasteiger partial charge on any atom is -0.444 e. The number of benzene rings is 1. The van der Waals surface area contributed by atoms with Crippen LogP contribution in [-0.2, 0) is 9.53 Å². The van der Waals surface area contributed by atoms with Crippen molar-refractivity contribution in [3.05, 3.63) is 59.5 Å². The van der Waals surface area contributed by atoms with E-state index in [-0.39, 0.29) is 12.0 Å². The Kier molecular flexibility index (Phi) is 7.70. The number of hydrogen-bond donors (Lipinski definition) is 1. The summed E-state index contributed by atoms with van der Waals surface area (Å²) in [4.78, 5) is 41.5. The molecule has 0 radical (unpaired) electrons. The Bertz CT molecular complexity index is 1370. The monoisotopic (exact) mass is 548 g/mol. The van der Waals surface area contributed by atoms with Gasteiger partial charge in [-0.05, 0) is 63.6 Å². The fraction of sp³-hybridized carbons (Fsp3) is 0.414. The number of ether oxygens (including phenoxy) is 1. The van der Waals surface area contributed by atoms with E-state index in [1.165, 1.54) is 5.56 Å². The summed E-state index contributed by atoms with van der Waals surface area (Å²) < 4.78 is 5.53. The molecule has 0 bridgehead atoms. The van der Waals surface area contributed by atoms with E-state index in [4.69, 9.17) is 21.3 Å². The third-order valence-electron chi connectivity index (χ3n) is 6.89. The van der Waals surface area contributed by atoms with Gasteiger partial charge in [-0.1, -0.05) is 29.8 Å². The van der Waals surface area contributed by atoms with Gasteiger partial charge in [-0.2, -0.15) is 0 Å². The average Bonchev–Trinajstić information content (AvgIpc) is 3.35. The second-order valence-corrected chi connectivity index (χ2v) is 11.4. The second-order valence-electron chi connectivity index (χ2n) is 11.0. The molecule has 2 saturated heterocycles. The first-order valence-corrected chi connectivity index (χ1v) is 13.7. The molecule has 204 valence electrons. The van der Waals surface area contributed by atoms with E-state index >= 15 is 0 Å². The van der Waals surface area contributed by atoms with Crippen molar-refractivity contribution in [2.24, 2.45) is 0 Å². The fourth-order valence-electron chi connectivity index (χ4n) is 4.99. The number of nitrogens with one attached hydrogen (secondary N) is 1. The quantitative estimate of drug-likeness (QED) is 0.406. The summed E-state index contributed by atoms with van der Waals surface area (Å²) in [5.41, 5.74) is 3.65. The van der Waals surface area contributed by atoms with Crippen LogP contribution in [0.3, 0.4) is 0 Å². The van der Waals surface area contributed by atoms with Crippen LogP contribution in [0.4, 0.5) is 22.1 Å². The number of pyridine rings is 1. The Morgan fingerprint density at radius 1 is 1.10 bits per heavy atom. The second kappa shape index (κ2) is 11.2. The van der Waals surface area contributed by atoms with E-state index in [1.807, 2.05) is 39.0 Å². The van der Waals surface area contributed by atoms with Crippen molar-refractivity contribution in [2.75, 3.05) is 29.9 Å². The molecule has 0 spiro atoms. The highest BCUT2D eigenvalue weighted by molar-refractivity contribution is 6.32. The van der Waals surface area contributed by atoms with Gasteiger partial charge in [0.2, 0.25) is 11.9 Å². The van der Waals surface area contributed by atoms with Crippen LogP contribution in [0.15, 0.2) is 48.9 Å². The summed E-state index contributed by atoms with van der Waals surface area (Å²) in [6.07, 6.45) is 7.81. The van der Waals surface area contributed by atoms with E-state index in [1.54, 1.807) is 28.4 Å². The number of rotatable bonds is 5. The summed E-state index contributed by atoms with van der Waals surface area (Å²) in [6, 6.07) is 10.1. The molecule has 9 nitrogen and oxygen atoms in total. The van der Waals surface area contributed by atoms with Gasteiger partial charge >= 0.3 is 6.09 Å². The predicted octanol–water partition coefficient (Wildman–Crippen LogP) is 6.18. The average molecular weight is 549 g/mol. The summed E-state index contributed by atoms with van der Waals surface area (Å²) >= 11 is 6.54. The number of amides is 2. The molecule has 1 aromatic carbocycles. The molecule has 0 aliphatic carbocycles. The van der Waals surface area contributed by atoms with Gasteiger partial charge in [0.15, 0.2) is 0 Å². The minimum atomic E-state index is -0.501. The lowest BCUT2D eigenvalue weighted by Gasteiger charge is -2.33. The van der Waals surface area contributed by atoms with Crippen molar-refractivity contribution in [2.45, 2.75) is 58.0 Å². The lowest BCUT2D eigenvalue weighted by Crippen LogP contribution is -2.41. The normalized spacial score (nSPS) is 16.5. The summed E-state index contributed by atoms with van der Waals surface area (Å²) in [5, 5.41) is 3.65. The van der Waals surface area contributed by atoms with E-state index in [0.29, 0.717) is 54.3 Å². The standard InChI is InChI=1S/C29H33ClN6O3/c1-29(2,3)39-28(38)35-12-9-19(10-13-35)20-6-4-7-21(14-20)26-24(30)18-32-27(34-26)33-22-15-23(17-31-16-22)36-11-5-8-25(36)37/h4,6-7,14-19H,5,8-13H2,1-3H3,(H,32,33,34). The van der Waals surface area contributed by atoms with Crippen LogP contribution in [0.2, 0.25) is 5.02 Å². The summed E-state index contributed by atoms with van der Waals surface area (Å²) in [6.45, 7) is 7.65. The zero-order valence-electron chi connectivity index (χ0n) is 22.5. The van der Waals surface area contributed by atoms with Crippen molar-refractivity contribution in [1.29, 1.82) is 0 Å². The van der Waals surface area contributed by atoms with Crippen LogP contribution < -0.4 is 10.2 Å². The minimum absolute atomic E-state index is 0.106. The number of carbonyl (C=O) groups is 2. The first-order valence-electron chi connectivity index (χ1n) is 13.3. The highest BCUT2D eigenvalue weighted by Crippen LogP contribution is 2.33. The maximum atomic E-state index is 12.4. The predicted molar refractivity (Wildman–Crippen MR) is 151 cm³/mol. The third kappa shape index (κ3) is 6.47. The molecule has 10 heteroatoms. The van der Waals surface area contributed by atoms with Gasteiger partial charge < -0.3 is 19.9 Å². The molecule has 2 amide bonds. The van der Waals surface area contributed by atoms with Gasteiger partial charge in [-0.15, -0.1) is 0 Å². The van der Waals surface area contributed by atoms with Crippen LogP contribution in [-0.4, -0.2) is 57.1 Å². The van der Waals surface area contributed by atoms with Gasteiger partial charge in [-0.3, -0.25) is 9.78 Å². The molecule has 4 heterocycles. The maximum Gasteiger partial charge on any atom is 0.410 e. The van der Waals surface area contributed by atoms with Gasteiger partial charge in [0.05, 0.1) is 40.7 Å². The molecule has 0 atom stereocenters. The van der Waals surface area contributed by atoms with E-state index in [0.717, 1.165) is 30.5 Å². The largest absolute Gasteiger partial charge is 0.444 e. The molecular weight excluding hydrogens is 516 g/mol. The zero-order valence-corrected chi connectivity index (χ0v) is 23.2. The topological polar surface area (TPSA) is 101 Å². The number of carbonyl (C=O) groups excluding carboxylic acids is 2. The van der Waals surface area contributed by atoms with Gasteiger partial charge in [0.1, 0.15) is 5.60 Å². The molecule has 5 rings (SSSR count). The van der Waals surface area contributed by atoms with E-state index < -0.39 is 5.60 Å². The number of hydrogen-bond acceptors (Lipinski definition) is 7. The summed E-state index contributed by atoms with van der Waals surface area (Å²) in [5.74, 6) is 0.815. The van der Waals surface area contributed by atoms with Crippen LogP contribution in [0.25, 0.3) is 11.3 Å². The lowest BCUT2D eigenvalue weighted by molar-refractivity contribution is -0.117. The number of halogens is 1. The molecule has 2 aromatic heterocycles. The first kappa shape index (κ1) is 26.9. The van der Waals surface area contributed by atoms with Crippen molar-refractivity contribution in [1.82, 2.24) is 19.9 Å². The molecule has 39 heavy (non-hydrogen) atoms. The maximum absolute atomic E-state index is 12.4. The Balaban J connectivity index is 1.29. The third-order valence-corrected chi connectivity index (χ3v) is 7.16. The number of aromatic nitrogens is 3. The van der Waals surface area contributed by atoms with Crippen LogP contribution in [0.1, 0.15) is 57.9 Å². The van der Waals surface area contributed by atoms with Crippen LogP contribution in [0.5, 0.6) is 0 Å². The molecule has 2 aliphatic heterocycles. The molecule has 2 aliphatic rings. The smallest absolute Gasteiger partial charge is 0.410 e. The van der Waals surface area contributed by atoms with Crippen molar-refractivity contribution in [3.63, 3.8) is 0 Å². The van der Waals surface area contributed by atoms with Gasteiger partial charge in [0, 0.05) is 31.6 Å². The van der Waals surface area contributed by atoms with Crippen molar-refractivity contribution in [3.8, 4) is 11.3 Å². The van der Waals surface area contributed by atoms with Crippen molar-refractivity contribution < 1.29 is 14.3 Å². The SMILES string of the molecule is CC(C)(C)OC(=O)N1CCC(c2cccc(-c3nc(Nc4cncc(N5CCCC5=O)c4)ncc3Cl)c2)CC1. The van der Waals surface area contributed by atoms with Gasteiger partial charge in [-0.25, -0.2) is 14.8 Å². The molecule has 0 saturated carbocycles. The number of anilines is 3. The van der Waals surface area contributed by atoms with E-state index in [2.05, 4.69) is 27.4 Å². The highest BCUT2D eigenvalue weighted by atomic mass is 35.5. The molecule has 1 N–H and O–H groups in total. The lowest BCUT2D eigenvalue weighted by atomic mass is 9.88. The Hall–Kier alpha value is -3.72. The highest BCUT2D eigenvalue weighted by Gasteiger charge is 2.28. The number of piperidine rings is 1. The molecule has 0 unspecified atom stereocenters. The van der Waals surface area contributed by atoms with Crippen molar-refractivity contribution >= 4 is 40.9 Å². The number of likely N-dealkylation sites (tertiary alicyclic amines) is 1. The summed E-state index contributed by atoms with van der Waals surface area (Å²) in [7, 11) is 0. The first-order chi connectivity index (χ1) is 18.7. The Morgan fingerprint density at radius 2 is 1.90 bits per heavy atom. The Labute approximate surface area is 233 Å². The molecule has 3 aromatic rings. The molecular formula is C29H33ClN6O3. The van der Waals surface area contributed by atoms with Crippen LogP contribution in [0, 0.1) is 0 Å². The fourth-order valence-corrected chi connectivity index (χ4v) is 5.19.